The van der Waals surface area contributed by atoms with Gasteiger partial charge in [-0.25, -0.2) is 4.98 Å². The molecular weight excluding hydrogens is 315 g/mol. The zero-order valence-electron chi connectivity index (χ0n) is 12.3. The molecule has 1 aliphatic heterocycles. The number of carbonyl (C=O) groups excluding carboxylic acids is 2. The van der Waals surface area contributed by atoms with Gasteiger partial charge in [0.05, 0.1) is 0 Å². The number of hydrogen-bond donors (Lipinski definition) is 2. The van der Waals surface area contributed by atoms with E-state index < -0.39 is 30.1 Å². The fraction of sp³-hybridized carbons (Fsp3) is 0.500. The van der Waals surface area contributed by atoms with Crippen molar-refractivity contribution in [3.05, 3.63) is 24.0 Å². The van der Waals surface area contributed by atoms with E-state index in [-0.39, 0.29) is 30.8 Å². The summed E-state index contributed by atoms with van der Waals surface area (Å²) in [6.45, 7) is 0.826. The van der Waals surface area contributed by atoms with Gasteiger partial charge >= 0.3 is 6.18 Å². The smallest absolute Gasteiger partial charge is 0.408 e. The van der Waals surface area contributed by atoms with Crippen LogP contribution in [0.25, 0.3) is 0 Å². The molecular formula is C14H16F3N3O3. The van der Waals surface area contributed by atoms with Crippen molar-refractivity contribution < 1.29 is 27.9 Å². The normalized spacial score (nSPS) is 21.8. The van der Waals surface area contributed by atoms with Crippen molar-refractivity contribution in [3.63, 3.8) is 0 Å². The number of alkyl halides is 3. The van der Waals surface area contributed by atoms with Gasteiger partial charge in [0.1, 0.15) is 11.8 Å². The van der Waals surface area contributed by atoms with Crippen molar-refractivity contribution >= 4 is 11.8 Å². The van der Waals surface area contributed by atoms with Crippen molar-refractivity contribution in [2.45, 2.75) is 38.0 Å². The maximum atomic E-state index is 12.9. The number of piperidine rings is 1. The lowest BCUT2D eigenvalue weighted by molar-refractivity contribution is -0.196. The highest BCUT2D eigenvalue weighted by Gasteiger charge is 2.47. The zero-order valence-corrected chi connectivity index (χ0v) is 12.3. The number of nitrogens with one attached hydrogen (secondary N) is 1. The average molecular weight is 331 g/mol. The Hall–Kier alpha value is -2.32. The molecule has 1 fully saturated rings. The first kappa shape index (κ1) is 17.0. The molecule has 0 saturated carbocycles. The van der Waals surface area contributed by atoms with Crippen molar-refractivity contribution in [2.24, 2.45) is 0 Å². The molecule has 2 amide bonds. The largest absolute Gasteiger partial charge is 0.505 e. The molecule has 126 valence electrons. The van der Waals surface area contributed by atoms with Gasteiger partial charge in [-0.05, 0) is 25.0 Å². The summed E-state index contributed by atoms with van der Waals surface area (Å²) in [7, 11) is 0. The fourth-order valence-corrected chi connectivity index (χ4v) is 2.60. The molecule has 0 aliphatic carbocycles. The fourth-order valence-electron chi connectivity index (χ4n) is 2.60. The molecule has 1 aromatic heterocycles. The lowest BCUT2D eigenvalue weighted by Crippen LogP contribution is -2.57. The Morgan fingerprint density at radius 2 is 2.09 bits per heavy atom. The first-order chi connectivity index (χ1) is 10.7. The number of pyridine rings is 1. The molecule has 23 heavy (non-hydrogen) atoms. The van der Waals surface area contributed by atoms with Gasteiger partial charge in [-0.2, -0.15) is 13.2 Å². The molecule has 0 radical (unpaired) electrons. The van der Waals surface area contributed by atoms with Crippen LogP contribution in [0.3, 0.4) is 0 Å². The summed E-state index contributed by atoms with van der Waals surface area (Å²) >= 11 is 0. The third-order valence-corrected chi connectivity index (χ3v) is 3.70. The molecule has 2 heterocycles. The van der Waals surface area contributed by atoms with Crippen LogP contribution in [-0.4, -0.2) is 51.6 Å². The number of amides is 2. The molecule has 2 rings (SSSR count). The second-order valence-corrected chi connectivity index (χ2v) is 5.35. The van der Waals surface area contributed by atoms with Crippen molar-refractivity contribution in [1.82, 2.24) is 15.2 Å². The molecule has 0 bridgehead atoms. The Labute approximate surface area is 130 Å². The quantitative estimate of drug-likeness (QED) is 0.859. The number of rotatable bonds is 2. The summed E-state index contributed by atoms with van der Waals surface area (Å²) in [5, 5.41) is 12.1. The standard InChI is InChI=1S/C14H16F3N3O3/c1-8(21)20-7-9(4-5-11(20)14(15,16)17)19-13(23)12-10(22)3-2-6-18-12/h2-3,6,9,11,22H,4-5,7H2,1H3,(H,19,23)/t9-,11+/m1/s1. The summed E-state index contributed by atoms with van der Waals surface area (Å²) in [6.07, 6.45) is -3.40. The van der Waals surface area contributed by atoms with Gasteiger partial charge in [-0.3, -0.25) is 9.59 Å². The number of halogens is 3. The number of aromatic hydroxyl groups is 1. The monoisotopic (exact) mass is 331 g/mol. The summed E-state index contributed by atoms with van der Waals surface area (Å²) in [5.41, 5.74) is -0.209. The first-order valence-electron chi connectivity index (χ1n) is 6.99. The maximum absolute atomic E-state index is 12.9. The topological polar surface area (TPSA) is 82.5 Å². The van der Waals surface area contributed by atoms with Gasteiger partial charge in [0.15, 0.2) is 5.69 Å². The van der Waals surface area contributed by atoms with Crippen LogP contribution in [0.4, 0.5) is 13.2 Å². The van der Waals surface area contributed by atoms with Crippen molar-refractivity contribution in [2.75, 3.05) is 6.54 Å². The third kappa shape index (κ3) is 3.91. The number of likely N-dealkylation sites (tertiary alicyclic amines) is 1. The number of aromatic nitrogens is 1. The average Bonchev–Trinajstić information content (AvgIpc) is 2.46. The summed E-state index contributed by atoms with van der Waals surface area (Å²) < 4.78 is 38.8. The minimum absolute atomic E-state index is 0.0767. The minimum Gasteiger partial charge on any atom is -0.505 e. The van der Waals surface area contributed by atoms with Crippen LogP contribution in [0.15, 0.2) is 18.3 Å². The highest BCUT2D eigenvalue weighted by molar-refractivity contribution is 5.95. The van der Waals surface area contributed by atoms with Crippen LogP contribution in [-0.2, 0) is 4.79 Å². The first-order valence-corrected chi connectivity index (χ1v) is 6.99. The SMILES string of the molecule is CC(=O)N1C[C@H](NC(=O)c2ncccc2O)CC[C@H]1C(F)(F)F. The van der Waals surface area contributed by atoms with E-state index in [1.54, 1.807) is 0 Å². The van der Waals surface area contributed by atoms with Gasteiger partial charge in [0.25, 0.3) is 5.91 Å². The predicted octanol–water partition coefficient (Wildman–Crippen LogP) is 1.46. The minimum atomic E-state index is -4.50. The molecule has 0 aromatic carbocycles. The lowest BCUT2D eigenvalue weighted by Gasteiger charge is -2.40. The number of carbonyl (C=O) groups is 2. The molecule has 6 nitrogen and oxygen atoms in total. The molecule has 2 N–H and O–H groups in total. The van der Waals surface area contributed by atoms with E-state index in [0.717, 1.165) is 6.92 Å². The molecule has 0 spiro atoms. The third-order valence-electron chi connectivity index (χ3n) is 3.70. The molecule has 9 heteroatoms. The zero-order chi connectivity index (χ0) is 17.2. The predicted molar refractivity (Wildman–Crippen MR) is 73.6 cm³/mol. The molecule has 2 atom stereocenters. The van der Waals surface area contributed by atoms with Crippen LogP contribution in [0.2, 0.25) is 0 Å². The van der Waals surface area contributed by atoms with E-state index in [1.165, 1.54) is 18.3 Å². The highest BCUT2D eigenvalue weighted by Crippen LogP contribution is 2.32. The molecule has 0 unspecified atom stereocenters. The van der Waals surface area contributed by atoms with Gasteiger partial charge in [0, 0.05) is 25.7 Å². The summed E-state index contributed by atoms with van der Waals surface area (Å²) in [4.78, 5) is 27.9. The Kier molecular flexibility index (Phi) is 4.76. The molecule has 1 aromatic rings. The Morgan fingerprint density at radius 1 is 1.39 bits per heavy atom. The van der Waals surface area contributed by atoms with Crippen molar-refractivity contribution in [1.29, 1.82) is 0 Å². The van der Waals surface area contributed by atoms with E-state index in [0.29, 0.717) is 4.90 Å². The van der Waals surface area contributed by atoms with Gasteiger partial charge in [0.2, 0.25) is 5.91 Å². The Bertz CT molecular complexity index is 606. The molecule has 1 aliphatic rings. The number of nitrogens with zero attached hydrogens (tertiary/aromatic N) is 2. The maximum Gasteiger partial charge on any atom is 0.408 e. The second kappa shape index (κ2) is 6.43. The molecule has 1 saturated heterocycles. The van der Waals surface area contributed by atoms with Crippen LogP contribution in [0, 0.1) is 0 Å². The van der Waals surface area contributed by atoms with Gasteiger partial charge in [-0.15, -0.1) is 0 Å². The van der Waals surface area contributed by atoms with E-state index >= 15 is 0 Å². The lowest BCUT2D eigenvalue weighted by atomic mass is 9.97. The van der Waals surface area contributed by atoms with E-state index in [4.69, 9.17) is 0 Å². The van der Waals surface area contributed by atoms with Crippen LogP contribution >= 0.6 is 0 Å². The van der Waals surface area contributed by atoms with E-state index in [1.807, 2.05) is 0 Å². The second-order valence-electron chi connectivity index (χ2n) is 5.35. The van der Waals surface area contributed by atoms with Crippen LogP contribution < -0.4 is 5.32 Å². The van der Waals surface area contributed by atoms with Gasteiger partial charge in [-0.1, -0.05) is 0 Å². The Morgan fingerprint density at radius 3 is 2.65 bits per heavy atom. The van der Waals surface area contributed by atoms with E-state index in [9.17, 15) is 27.9 Å². The summed E-state index contributed by atoms with van der Waals surface area (Å²) in [5.74, 6) is -1.72. The number of hydrogen-bond acceptors (Lipinski definition) is 4. The van der Waals surface area contributed by atoms with Crippen LogP contribution in [0.1, 0.15) is 30.3 Å². The van der Waals surface area contributed by atoms with Crippen LogP contribution in [0.5, 0.6) is 5.75 Å². The van der Waals surface area contributed by atoms with E-state index in [2.05, 4.69) is 10.3 Å². The highest BCUT2D eigenvalue weighted by atomic mass is 19.4. The van der Waals surface area contributed by atoms with Gasteiger partial charge < -0.3 is 15.3 Å². The van der Waals surface area contributed by atoms with Crippen molar-refractivity contribution in [3.8, 4) is 5.75 Å². The summed E-state index contributed by atoms with van der Waals surface area (Å²) in [6, 6.07) is 0.255. The Balaban J connectivity index is 2.07.